The van der Waals surface area contributed by atoms with Crippen LogP contribution in [0.2, 0.25) is 0 Å². The van der Waals surface area contributed by atoms with Crippen molar-refractivity contribution >= 4 is 9.84 Å². The first-order valence-corrected chi connectivity index (χ1v) is 8.03. The average Bonchev–Trinajstić information content (AvgIpc) is 2.33. The number of nitrogens with one attached hydrogen (secondary N) is 1. The zero-order valence-electron chi connectivity index (χ0n) is 11.1. The third-order valence-electron chi connectivity index (χ3n) is 2.76. The fourth-order valence-electron chi connectivity index (χ4n) is 1.66. The Morgan fingerprint density at radius 3 is 2.39 bits per heavy atom. The van der Waals surface area contributed by atoms with Gasteiger partial charge >= 0.3 is 0 Å². The number of hydrogen-bond donors (Lipinski definition) is 1. The van der Waals surface area contributed by atoms with Gasteiger partial charge in [-0.2, -0.15) is 0 Å². The summed E-state index contributed by atoms with van der Waals surface area (Å²) < 4.78 is 27.0. The summed E-state index contributed by atoms with van der Waals surface area (Å²) in [6.07, 6.45) is 1.90. The smallest absolute Gasteiger partial charge is 0.147 e. The molecule has 1 unspecified atom stereocenters. The molecule has 0 radical (unpaired) electrons. The van der Waals surface area contributed by atoms with Gasteiger partial charge in [0.2, 0.25) is 0 Å². The Bertz CT molecular complexity index is 454. The van der Waals surface area contributed by atoms with Gasteiger partial charge in [0.05, 0.1) is 12.9 Å². The molecule has 0 bridgehead atoms. The minimum Gasteiger partial charge on any atom is -0.497 e. The van der Waals surface area contributed by atoms with Crippen LogP contribution in [0.5, 0.6) is 5.75 Å². The highest BCUT2D eigenvalue weighted by Crippen LogP contribution is 2.16. The first kappa shape index (κ1) is 15.0. The van der Waals surface area contributed by atoms with Crippen molar-refractivity contribution in [2.24, 2.45) is 0 Å². The molecule has 0 amide bonds. The molecule has 1 atom stereocenters. The van der Waals surface area contributed by atoms with Crippen molar-refractivity contribution in [1.82, 2.24) is 5.32 Å². The van der Waals surface area contributed by atoms with E-state index in [1.54, 1.807) is 7.11 Å². The van der Waals surface area contributed by atoms with Crippen LogP contribution >= 0.6 is 0 Å². The molecular weight excluding hydrogens is 250 g/mol. The Morgan fingerprint density at radius 1 is 1.28 bits per heavy atom. The highest BCUT2D eigenvalue weighted by molar-refractivity contribution is 7.90. The standard InChI is InChI=1S/C13H21NO3S/c1-11(14-9-4-10-18(3,15)16)12-5-7-13(17-2)8-6-12/h5-8,11,14H,4,9-10H2,1-3H3. The minimum absolute atomic E-state index is 0.204. The van der Waals surface area contributed by atoms with Crippen LogP contribution in [0.15, 0.2) is 24.3 Å². The average molecular weight is 271 g/mol. The molecule has 0 saturated carbocycles. The first-order valence-electron chi connectivity index (χ1n) is 5.97. The number of benzene rings is 1. The van der Waals surface area contributed by atoms with Crippen molar-refractivity contribution < 1.29 is 13.2 Å². The van der Waals surface area contributed by atoms with Gasteiger partial charge < -0.3 is 10.1 Å². The summed E-state index contributed by atoms with van der Waals surface area (Å²) >= 11 is 0. The summed E-state index contributed by atoms with van der Waals surface area (Å²) in [5.41, 5.74) is 1.16. The lowest BCUT2D eigenvalue weighted by molar-refractivity contribution is 0.414. The van der Waals surface area contributed by atoms with Gasteiger partial charge in [0.1, 0.15) is 15.6 Å². The van der Waals surface area contributed by atoms with Crippen LogP contribution in [0, 0.1) is 0 Å². The number of hydrogen-bond acceptors (Lipinski definition) is 4. The summed E-state index contributed by atoms with van der Waals surface area (Å²) in [5, 5.41) is 3.30. The molecule has 102 valence electrons. The molecule has 4 nitrogen and oxygen atoms in total. The van der Waals surface area contributed by atoms with Crippen molar-refractivity contribution in [1.29, 1.82) is 0 Å². The summed E-state index contributed by atoms with van der Waals surface area (Å²) in [7, 11) is -1.21. The monoisotopic (exact) mass is 271 g/mol. The van der Waals surface area contributed by atoms with Crippen LogP contribution in [0.1, 0.15) is 24.9 Å². The summed E-state index contributed by atoms with van der Waals surface area (Å²) in [6, 6.07) is 8.06. The molecule has 0 aromatic heterocycles. The third kappa shape index (κ3) is 5.51. The zero-order chi connectivity index (χ0) is 13.6. The lowest BCUT2D eigenvalue weighted by Gasteiger charge is -2.14. The maximum atomic E-state index is 11.0. The summed E-state index contributed by atoms with van der Waals surface area (Å²) in [6.45, 7) is 2.75. The molecule has 1 N–H and O–H groups in total. The second-order valence-electron chi connectivity index (χ2n) is 4.43. The van der Waals surface area contributed by atoms with E-state index in [0.717, 1.165) is 11.3 Å². The molecular formula is C13H21NO3S. The van der Waals surface area contributed by atoms with Gasteiger partial charge in [-0.1, -0.05) is 12.1 Å². The number of rotatable bonds is 7. The Balaban J connectivity index is 2.38. The van der Waals surface area contributed by atoms with Gasteiger partial charge in [0, 0.05) is 12.3 Å². The van der Waals surface area contributed by atoms with E-state index < -0.39 is 9.84 Å². The van der Waals surface area contributed by atoms with E-state index in [-0.39, 0.29) is 11.8 Å². The maximum absolute atomic E-state index is 11.0. The fourth-order valence-corrected chi connectivity index (χ4v) is 2.33. The molecule has 1 aromatic rings. The van der Waals surface area contributed by atoms with E-state index in [0.29, 0.717) is 13.0 Å². The van der Waals surface area contributed by atoms with Crippen molar-refractivity contribution in [3.63, 3.8) is 0 Å². The third-order valence-corrected chi connectivity index (χ3v) is 3.79. The normalized spacial score (nSPS) is 13.3. The topological polar surface area (TPSA) is 55.4 Å². The van der Waals surface area contributed by atoms with Crippen LogP contribution in [0.4, 0.5) is 0 Å². The highest BCUT2D eigenvalue weighted by atomic mass is 32.2. The van der Waals surface area contributed by atoms with E-state index in [1.165, 1.54) is 6.26 Å². The van der Waals surface area contributed by atoms with Gasteiger partial charge in [0.15, 0.2) is 0 Å². The fraction of sp³-hybridized carbons (Fsp3) is 0.538. The molecule has 18 heavy (non-hydrogen) atoms. The molecule has 0 aliphatic carbocycles. The Kier molecular flexibility index (Phi) is 5.62. The van der Waals surface area contributed by atoms with Crippen molar-refractivity contribution in [3.8, 4) is 5.75 Å². The van der Waals surface area contributed by atoms with Crippen LogP contribution in [0.3, 0.4) is 0 Å². The molecule has 1 aromatic carbocycles. The van der Waals surface area contributed by atoms with Crippen molar-refractivity contribution in [2.45, 2.75) is 19.4 Å². The predicted octanol–water partition coefficient (Wildman–Crippen LogP) is 1.78. The largest absolute Gasteiger partial charge is 0.497 e. The van der Waals surface area contributed by atoms with Crippen LogP contribution < -0.4 is 10.1 Å². The lowest BCUT2D eigenvalue weighted by atomic mass is 10.1. The van der Waals surface area contributed by atoms with Gasteiger partial charge in [-0.25, -0.2) is 8.42 Å². The van der Waals surface area contributed by atoms with Gasteiger partial charge in [-0.15, -0.1) is 0 Å². The number of methoxy groups -OCH3 is 1. The van der Waals surface area contributed by atoms with Crippen LogP contribution in [0.25, 0.3) is 0 Å². The van der Waals surface area contributed by atoms with Gasteiger partial charge in [-0.05, 0) is 37.6 Å². The zero-order valence-corrected chi connectivity index (χ0v) is 12.0. The molecule has 0 fully saturated rings. The maximum Gasteiger partial charge on any atom is 0.147 e. The van der Waals surface area contributed by atoms with Crippen molar-refractivity contribution in [2.75, 3.05) is 25.7 Å². The quantitative estimate of drug-likeness (QED) is 0.768. The van der Waals surface area contributed by atoms with E-state index in [4.69, 9.17) is 4.74 Å². The first-order chi connectivity index (χ1) is 8.42. The van der Waals surface area contributed by atoms with Crippen LogP contribution in [-0.2, 0) is 9.84 Å². The minimum atomic E-state index is -2.85. The Hall–Kier alpha value is -1.07. The second kappa shape index (κ2) is 6.75. The molecule has 1 rings (SSSR count). The van der Waals surface area contributed by atoms with Crippen LogP contribution in [-0.4, -0.2) is 34.1 Å². The Morgan fingerprint density at radius 2 is 1.89 bits per heavy atom. The SMILES string of the molecule is COc1ccc(C(C)NCCCS(C)(=O)=O)cc1. The highest BCUT2D eigenvalue weighted by Gasteiger charge is 2.06. The summed E-state index contributed by atoms with van der Waals surface area (Å²) in [5.74, 6) is 1.07. The molecule has 0 heterocycles. The van der Waals surface area contributed by atoms with E-state index in [9.17, 15) is 8.42 Å². The second-order valence-corrected chi connectivity index (χ2v) is 6.69. The molecule has 0 saturated heterocycles. The number of ether oxygens (including phenoxy) is 1. The molecule has 0 aliphatic heterocycles. The number of sulfone groups is 1. The molecule has 5 heteroatoms. The van der Waals surface area contributed by atoms with E-state index in [2.05, 4.69) is 12.2 Å². The lowest BCUT2D eigenvalue weighted by Crippen LogP contribution is -2.21. The predicted molar refractivity (Wildman–Crippen MR) is 73.7 cm³/mol. The van der Waals surface area contributed by atoms with E-state index >= 15 is 0 Å². The van der Waals surface area contributed by atoms with Gasteiger partial charge in [0.25, 0.3) is 0 Å². The van der Waals surface area contributed by atoms with Gasteiger partial charge in [-0.3, -0.25) is 0 Å². The molecule has 0 aliphatic rings. The Labute approximate surface area is 109 Å². The van der Waals surface area contributed by atoms with Crippen molar-refractivity contribution in [3.05, 3.63) is 29.8 Å². The molecule has 0 spiro atoms. The van der Waals surface area contributed by atoms with E-state index in [1.807, 2.05) is 24.3 Å². The summed E-state index contributed by atoms with van der Waals surface area (Å²) in [4.78, 5) is 0.